The molecule has 1 fully saturated rings. The zero-order valence-electron chi connectivity index (χ0n) is 14.3. The topological polar surface area (TPSA) is 55.1 Å². The molecule has 2 rings (SSSR count). The molecule has 0 radical (unpaired) electrons. The summed E-state index contributed by atoms with van der Waals surface area (Å²) in [6.07, 6.45) is -0.205. The Morgan fingerprint density at radius 3 is 2.72 bits per heavy atom. The molecule has 25 heavy (non-hydrogen) atoms. The van der Waals surface area contributed by atoms with Crippen LogP contribution in [-0.2, 0) is 11.0 Å². The number of hydrogen-bond donors (Lipinski definition) is 2. The fourth-order valence-corrected chi connectivity index (χ4v) is 3.21. The number of hydrogen-bond acceptors (Lipinski definition) is 2. The highest BCUT2D eigenvalue weighted by atomic mass is 35.5. The summed E-state index contributed by atoms with van der Waals surface area (Å²) in [5.41, 5.74) is 5.90. The molecule has 3 nitrogen and oxygen atoms in total. The van der Waals surface area contributed by atoms with Crippen LogP contribution in [0.5, 0.6) is 0 Å². The highest BCUT2D eigenvalue weighted by Gasteiger charge is 2.30. The van der Waals surface area contributed by atoms with Gasteiger partial charge in [0.05, 0.1) is 5.56 Å². The number of rotatable bonds is 5. The highest BCUT2D eigenvalue weighted by Crippen LogP contribution is 2.31. The fourth-order valence-electron chi connectivity index (χ4n) is 3.21. The maximum absolute atomic E-state index is 12.8. The van der Waals surface area contributed by atoms with Crippen molar-refractivity contribution in [3.8, 4) is 0 Å². The molecule has 1 amide bonds. The number of alkyl halides is 3. The van der Waals surface area contributed by atoms with Crippen LogP contribution in [-0.4, -0.2) is 18.5 Å². The first-order valence-corrected chi connectivity index (χ1v) is 8.48. The molecule has 0 spiro atoms. The number of carbonyl (C=O) groups excluding carboxylic acids is 1. The van der Waals surface area contributed by atoms with Crippen LogP contribution >= 0.6 is 12.4 Å². The van der Waals surface area contributed by atoms with Gasteiger partial charge in [0.1, 0.15) is 0 Å². The van der Waals surface area contributed by atoms with Gasteiger partial charge in [0.2, 0.25) is 5.91 Å². The van der Waals surface area contributed by atoms with E-state index >= 15 is 0 Å². The van der Waals surface area contributed by atoms with Crippen LogP contribution < -0.4 is 11.1 Å². The molecule has 1 aromatic carbocycles. The average molecular weight is 379 g/mol. The third-order valence-corrected chi connectivity index (χ3v) is 4.75. The standard InChI is InChI=1S/C18H25F3N2O.ClH/c1-12(13-4-2-6-15(10-13)18(19,20)21)8-9-23-17(24)14-5-3-7-16(22)11-14;/h2,4,6,10,12,14,16H,3,5,7-9,11,22H2,1H3,(H,23,24);1H. The third kappa shape index (κ3) is 6.51. The van der Waals surface area contributed by atoms with E-state index in [1.165, 1.54) is 12.1 Å². The van der Waals surface area contributed by atoms with Crippen LogP contribution in [0.25, 0.3) is 0 Å². The molecular weight excluding hydrogens is 353 g/mol. The average Bonchev–Trinajstić information content (AvgIpc) is 2.54. The van der Waals surface area contributed by atoms with Crippen molar-refractivity contribution < 1.29 is 18.0 Å². The van der Waals surface area contributed by atoms with Crippen LogP contribution in [0.4, 0.5) is 13.2 Å². The normalized spacial score (nSPS) is 22.0. The smallest absolute Gasteiger partial charge is 0.356 e. The maximum Gasteiger partial charge on any atom is 0.416 e. The van der Waals surface area contributed by atoms with Crippen LogP contribution in [0.1, 0.15) is 56.1 Å². The fraction of sp³-hybridized carbons (Fsp3) is 0.611. The second-order valence-corrected chi connectivity index (χ2v) is 6.73. The number of nitrogens with one attached hydrogen (secondary N) is 1. The lowest BCUT2D eigenvalue weighted by Crippen LogP contribution is -2.38. The first-order valence-electron chi connectivity index (χ1n) is 8.48. The summed E-state index contributed by atoms with van der Waals surface area (Å²) >= 11 is 0. The van der Waals surface area contributed by atoms with E-state index in [0.717, 1.165) is 31.7 Å². The Hall–Kier alpha value is -1.27. The summed E-state index contributed by atoms with van der Waals surface area (Å²) in [6.45, 7) is 2.33. The lowest BCUT2D eigenvalue weighted by Gasteiger charge is -2.25. The minimum Gasteiger partial charge on any atom is -0.356 e. The Morgan fingerprint density at radius 2 is 2.08 bits per heavy atom. The third-order valence-electron chi connectivity index (χ3n) is 4.75. The lowest BCUT2D eigenvalue weighted by atomic mass is 9.85. The van der Waals surface area contributed by atoms with Crippen LogP contribution in [0.15, 0.2) is 24.3 Å². The van der Waals surface area contributed by atoms with Gasteiger partial charge in [-0.25, -0.2) is 0 Å². The molecule has 142 valence electrons. The molecule has 3 unspecified atom stereocenters. The van der Waals surface area contributed by atoms with Crippen molar-refractivity contribution in [1.29, 1.82) is 0 Å². The Kier molecular flexibility index (Phi) is 8.22. The van der Waals surface area contributed by atoms with E-state index in [-0.39, 0.29) is 36.2 Å². The molecule has 0 bridgehead atoms. The minimum atomic E-state index is -4.33. The zero-order chi connectivity index (χ0) is 17.7. The van der Waals surface area contributed by atoms with Gasteiger partial charge in [-0.05, 0) is 43.2 Å². The van der Waals surface area contributed by atoms with Gasteiger partial charge in [0.25, 0.3) is 0 Å². The second-order valence-electron chi connectivity index (χ2n) is 6.73. The predicted molar refractivity (Wildman–Crippen MR) is 94.7 cm³/mol. The Bertz CT molecular complexity index is 565. The van der Waals surface area contributed by atoms with E-state index in [0.29, 0.717) is 18.5 Å². The van der Waals surface area contributed by atoms with Gasteiger partial charge in [0.15, 0.2) is 0 Å². The van der Waals surface area contributed by atoms with E-state index < -0.39 is 11.7 Å². The van der Waals surface area contributed by atoms with Crippen molar-refractivity contribution in [3.05, 3.63) is 35.4 Å². The number of amides is 1. The van der Waals surface area contributed by atoms with Gasteiger partial charge in [-0.1, -0.05) is 31.5 Å². The van der Waals surface area contributed by atoms with E-state index in [1.54, 1.807) is 6.07 Å². The summed E-state index contributed by atoms with van der Waals surface area (Å²) in [6, 6.07) is 5.48. The van der Waals surface area contributed by atoms with Crippen LogP contribution in [0.2, 0.25) is 0 Å². The van der Waals surface area contributed by atoms with Crippen molar-refractivity contribution in [2.45, 2.75) is 57.2 Å². The molecule has 1 aliphatic carbocycles. The Morgan fingerprint density at radius 1 is 1.36 bits per heavy atom. The first-order chi connectivity index (χ1) is 11.3. The molecule has 0 aromatic heterocycles. The molecule has 7 heteroatoms. The van der Waals surface area contributed by atoms with Crippen LogP contribution in [0, 0.1) is 5.92 Å². The van der Waals surface area contributed by atoms with Gasteiger partial charge < -0.3 is 11.1 Å². The molecule has 0 aliphatic heterocycles. The molecule has 1 aliphatic rings. The van der Waals surface area contributed by atoms with Gasteiger partial charge in [-0.15, -0.1) is 12.4 Å². The van der Waals surface area contributed by atoms with Crippen molar-refractivity contribution in [2.24, 2.45) is 11.7 Å². The lowest BCUT2D eigenvalue weighted by molar-refractivity contribution is -0.137. The van der Waals surface area contributed by atoms with Crippen molar-refractivity contribution in [3.63, 3.8) is 0 Å². The molecule has 0 saturated heterocycles. The van der Waals surface area contributed by atoms with E-state index in [9.17, 15) is 18.0 Å². The number of benzene rings is 1. The number of carbonyl (C=O) groups is 1. The van der Waals surface area contributed by atoms with Gasteiger partial charge in [0, 0.05) is 18.5 Å². The molecular formula is C18H26ClF3N2O. The summed E-state index contributed by atoms with van der Waals surface area (Å²) in [5.74, 6) is -0.0692. The summed E-state index contributed by atoms with van der Waals surface area (Å²) < 4.78 is 38.3. The number of nitrogens with two attached hydrogens (primary N) is 1. The van der Waals surface area contributed by atoms with Crippen LogP contribution in [0.3, 0.4) is 0 Å². The van der Waals surface area contributed by atoms with Crippen molar-refractivity contribution in [1.82, 2.24) is 5.32 Å². The highest BCUT2D eigenvalue weighted by molar-refractivity contribution is 5.85. The van der Waals surface area contributed by atoms with Gasteiger partial charge in [-0.3, -0.25) is 4.79 Å². The zero-order valence-corrected chi connectivity index (χ0v) is 15.1. The Labute approximate surface area is 153 Å². The van der Waals surface area contributed by atoms with E-state index in [1.807, 2.05) is 6.92 Å². The molecule has 0 heterocycles. The predicted octanol–water partition coefficient (Wildman–Crippen LogP) is 4.25. The van der Waals surface area contributed by atoms with E-state index in [2.05, 4.69) is 5.32 Å². The van der Waals surface area contributed by atoms with Gasteiger partial charge >= 0.3 is 6.18 Å². The summed E-state index contributed by atoms with van der Waals surface area (Å²) in [7, 11) is 0. The monoisotopic (exact) mass is 378 g/mol. The van der Waals surface area contributed by atoms with Crippen molar-refractivity contribution >= 4 is 18.3 Å². The summed E-state index contributed by atoms with van der Waals surface area (Å²) in [5, 5.41) is 2.90. The summed E-state index contributed by atoms with van der Waals surface area (Å²) in [4.78, 5) is 12.1. The molecule has 1 saturated carbocycles. The largest absolute Gasteiger partial charge is 0.416 e. The first kappa shape index (κ1) is 21.8. The van der Waals surface area contributed by atoms with Gasteiger partial charge in [-0.2, -0.15) is 13.2 Å². The molecule has 3 N–H and O–H groups in total. The minimum absolute atomic E-state index is 0. The van der Waals surface area contributed by atoms with Crippen molar-refractivity contribution in [2.75, 3.05) is 6.54 Å². The quantitative estimate of drug-likeness (QED) is 0.804. The molecule has 3 atom stereocenters. The van der Waals surface area contributed by atoms with E-state index in [4.69, 9.17) is 5.73 Å². The maximum atomic E-state index is 12.8. The molecule has 1 aromatic rings. The Balaban J connectivity index is 0.00000312. The number of halogens is 4. The SMILES string of the molecule is CC(CCNC(=O)C1CCCC(N)C1)c1cccc(C(F)(F)F)c1.Cl. The second kappa shape index (κ2) is 9.43.